The Labute approximate surface area is 170 Å². The molecular weight excluding hydrogens is 362 g/mol. The molecule has 2 aromatic carbocycles. The molecule has 29 heavy (non-hydrogen) atoms. The molecule has 2 aliphatic rings. The third-order valence-corrected chi connectivity index (χ3v) is 6.44. The highest BCUT2D eigenvalue weighted by Crippen LogP contribution is 2.29. The fourth-order valence-corrected chi connectivity index (χ4v) is 4.44. The lowest BCUT2D eigenvalue weighted by Gasteiger charge is -2.41. The van der Waals surface area contributed by atoms with Gasteiger partial charge in [-0.25, -0.2) is 4.98 Å². The number of ether oxygens (including phenoxy) is 1. The standard InChI is InChI=1S/C24H27N3O2/c1-16-4-2-7-21-22(16)25-23(26-24(21)28)17-8-10-19(11-9-17)29-20-12-14-27(15-13-20)18-5-3-6-18/h2,4,7-11,18,20H,3,5-6,12-15H2,1H3,(H,25,26,28). The van der Waals surface area contributed by atoms with Gasteiger partial charge in [0.1, 0.15) is 17.7 Å². The first-order chi connectivity index (χ1) is 14.2. The zero-order valence-corrected chi connectivity index (χ0v) is 16.9. The molecule has 1 saturated carbocycles. The molecule has 1 aromatic heterocycles. The van der Waals surface area contributed by atoms with Crippen LogP contribution in [-0.4, -0.2) is 40.1 Å². The molecule has 1 N–H and O–H groups in total. The van der Waals surface area contributed by atoms with Gasteiger partial charge in [-0.05, 0) is 68.5 Å². The molecule has 0 amide bonds. The van der Waals surface area contributed by atoms with E-state index < -0.39 is 0 Å². The van der Waals surface area contributed by atoms with E-state index in [2.05, 4.69) is 14.9 Å². The van der Waals surface area contributed by atoms with Crippen molar-refractivity contribution in [2.24, 2.45) is 0 Å². The number of nitrogens with one attached hydrogen (secondary N) is 1. The van der Waals surface area contributed by atoms with Crippen molar-refractivity contribution >= 4 is 10.9 Å². The average Bonchev–Trinajstić information content (AvgIpc) is 2.69. The fourth-order valence-electron chi connectivity index (χ4n) is 4.44. The van der Waals surface area contributed by atoms with Gasteiger partial charge in [0, 0.05) is 24.7 Å². The molecule has 3 aromatic rings. The zero-order valence-electron chi connectivity index (χ0n) is 16.9. The van der Waals surface area contributed by atoms with Crippen molar-refractivity contribution in [2.45, 2.75) is 51.2 Å². The molecule has 0 spiro atoms. The van der Waals surface area contributed by atoms with Crippen LogP contribution in [0, 0.1) is 6.92 Å². The number of benzene rings is 2. The largest absolute Gasteiger partial charge is 0.490 e. The van der Waals surface area contributed by atoms with Gasteiger partial charge >= 0.3 is 0 Å². The third kappa shape index (κ3) is 3.67. The summed E-state index contributed by atoms with van der Waals surface area (Å²) in [6.45, 7) is 4.27. The van der Waals surface area contributed by atoms with E-state index in [1.54, 1.807) is 0 Å². The molecular formula is C24H27N3O2. The van der Waals surface area contributed by atoms with Crippen molar-refractivity contribution < 1.29 is 4.74 Å². The van der Waals surface area contributed by atoms with Crippen molar-refractivity contribution in [3.63, 3.8) is 0 Å². The van der Waals surface area contributed by atoms with Crippen molar-refractivity contribution in [3.8, 4) is 17.1 Å². The van der Waals surface area contributed by atoms with Gasteiger partial charge in [0.15, 0.2) is 0 Å². The van der Waals surface area contributed by atoms with E-state index in [9.17, 15) is 4.79 Å². The molecule has 1 aliphatic heterocycles. The molecule has 150 valence electrons. The summed E-state index contributed by atoms with van der Waals surface area (Å²) in [5, 5.41) is 0.627. The molecule has 0 atom stereocenters. The Morgan fingerprint density at radius 3 is 2.48 bits per heavy atom. The Morgan fingerprint density at radius 2 is 1.79 bits per heavy atom. The van der Waals surface area contributed by atoms with Gasteiger partial charge in [-0.15, -0.1) is 0 Å². The average molecular weight is 389 g/mol. The summed E-state index contributed by atoms with van der Waals surface area (Å²) < 4.78 is 6.22. The van der Waals surface area contributed by atoms with Crippen molar-refractivity contribution in [1.82, 2.24) is 14.9 Å². The van der Waals surface area contributed by atoms with Gasteiger partial charge in [0.05, 0.1) is 10.9 Å². The Balaban J connectivity index is 1.29. The summed E-state index contributed by atoms with van der Waals surface area (Å²) in [6, 6.07) is 14.4. The van der Waals surface area contributed by atoms with Crippen LogP contribution in [0.3, 0.4) is 0 Å². The van der Waals surface area contributed by atoms with Gasteiger partial charge in [-0.1, -0.05) is 18.6 Å². The Morgan fingerprint density at radius 1 is 1.03 bits per heavy atom. The molecule has 2 heterocycles. The Kier molecular flexibility index (Phi) is 4.84. The van der Waals surface area contributed by atoms with Gasteiger partial charge in [-0.3, -0.25) is 4.79 Å². The highest BCUT2D eigenvalue weighted by molar-refractivity contribution is 5.82. The number of fused-ring (bicyclic) bond motifs is 1. The van der Waals surface area contributed by atoms with E-state index in [1.807, 2.05) is 49.4 Å². The lowest BCUT2D eigenvalue weighted by Crippen LogP contribution is -2.46. The molecule has 0 unspecified atom stereocenters. The second-order valence-electron chi connectivity index (χ2n) is 8.35. The van der Waals surface area contributed by atoms with E-state index in [4.69, 9.17) is 4.74 Å². The number of aromatic amines is 1. The second-order valence-corrected chi connectivity index (χ2v) is 8.35. The summed E-state index contributed by atoms with van der Waals surface area (Å²) in [7, 11) is 0. The number of piperidine rings is 1. The van der Waals surface area contributed by atoms with E-state index >= 15 is 0 Å². The molecule has 5 rings (SSSR count). The number of hydrogen-bond donors (Lipinski definition) is 1. The van der Waals surface area contributed by atoms with Gasteiger partial charge < -0.3 is 14.6 Å². The van der Waals surface area contributed by atoms with E-state index in [1.165, 1.54) is 19.3 Å². The van der Waals surface area contributed by atoms with Crippen LogP contribution < -0.4 is 10.3 Å². The van der Waals surface area contributed by atoms with Crippen LogP contribution in [-0.2, 0) is 0 Å². The molecule has 0 radical (unpaired) electrons. The van der Waals surface area contributed by atoms with Gasteiger partial charge in [0.25, 0.3) is 5.56 Å². The van der Waals surface area contributed by atoms with E-state index in [0.717, 1.165) is 54.4 Å². The van der Waals surface area contributed by atoms with Crippen molar-refractivity contribution in [3.05, 3.63) is 58.4 Å². The first kappa shape index (κ1) is 18.4. The lowest BCUT2D eigenvalue weighted by molar-refractivity contribution is 0.0493. The zero-order chi connectivity index (χ0) is 19.8. The van der Waals surface area contributed by atoms with Crippen LogP contribution in [0.5, 0.6) is 5.75 Å². The maximum atomic E-state index is 12.4. The predicted molar refractivity (Wildman–Crippen MR) is 115 cm³/mol. The number of aryl methyl sites for hydroxylation is 1. The number of nitrogens with zero attached hydrogens (tertiary/aromatic N) is 2. The minimum Gasteiger partial charge on any atom is -0.490 e. The molecule has 0 bridgehead atoms. The molecule has 1 saturated heterocycles. The Bertz CT molecular complexity index is 1060. The second kappa shape index (κ2) is 7.64. The van der Waals surface area contributed by atoms with Crippen molar-refractivity contribution in [2.75, 3.05) is 13.1 Å². The van der Waals surface area contributed by atoms with Crippen LogP contribution in [0.4, 0.5) is 0 Å². The summed E-state index contributed by atoms with van der Waals surface area (Å²) in [5.41, 5.74) is 2.54. The topological polar surface area (TPSA) is 58.2 Å². The van der Waals surface area contributed by atoms with Crippen LogP contribution in [0.15, 0.2) is 47.3 Å². The number of rotatable bonds is 4. The maximum Gasteiger partial charge on any atom is 0.259 e. The first-order valence-electron chi connectivity index (χ1n) is 10.7. The summed E-state index contributed by atoms with van der Waals surface area (Å²) in [5.74, 6) is 1.48. The minimum absolute atomic E-state index is 0.104. The quantitative estimate of drug-likeness (QED) is 0.723. The molecule has 2 fully saturated rings. The summed E-state index contributed by atoms with van der Waals surface area (Å²) in [4.78, 5) is 22.7. The highest BCUT2D eigenvalue weighted by atomic mass is 16.5. The summed E-state index contributed by atoms with van der Waals surface area (Å²) in [6.07, 6.45) is 6.62. The van der Waals surface area contributed by atoms with E-state index in [0.29, 0.717) is 17.3 Å². The van der Waals surface area contributed by atoms with Crippen LogP contribution in [0.1, 0.15) is 37.7 Å². The molecule has 1 aliphatic carbocycles. The number of likely N-dealkylation sites (tertiary alicyclic amines) is 1. The van der Waals surface area contributed by atoms with Crippen LogP contribution in [0.25, 0.3) is 22.3 Å². The van der Waals surface area contributed by atoms with Crippen molar-refractivity contribution in [1.29, 1.82) is 0 Å². The van der Waals surface area contributed by atoms with Gasteiger partial charge in [-0.2, -0.15) is 0 Å². The summed E-state index contributed by atoms with van der Waals surface area (Å²) >= 11 is 0. The normalized spacial score (nSPS) is 18.7. The highest BCUT2D eigenvalue weighted by Gasteiger charge is 2.29. The fraction of sp³-hybridized carbons (Fsp3) is 0.417. The monoisotopic (exact) mass is 389 g/mol. The smallest absolute Gasteiger partial charge is 0.259 e. The first-order valence-corrected chi connectivity index (χ1v) is 10.7. The van der Waals surface area contributed by atoms with E-state index in [-0.39, 0.29) is 5.56 Å². The Hall–Kier alpha value is -2.66. The molecule has 5 heteroatoms. The van der Waals surface area contributed by atoms with Gasteiger partial charge in [0.2, 0.25) is 0 Å². The number of hydrogen-bond acceptors (Lipinski definition) is 4. The van der Waals surface area contributed by atoms with Crippen LogP contribution in [0.2, 0.25) is 0 Å². The number of para-hydroxylation sites is 1. The molecule has 5 nitrogen and oxygen atoms in total. The number of H-pyrrole nitrogens is 1. The predicted octanol–water partition coefficient (Wildman–Crippen LogP) is 4.29. The third-order valence-electron chi connectivity index (χ3n) is 6.44. The maximum absolute atomic E-state index is 12.4. The minimum atomic E-state index is -0.104. The SMILES string of the molecule is Cc1cccc2c(=O)[nH]c(-c3ccc(OC4CCN(C5CCC5)CC4)cc3)nc12. The van der Waals surface area contributed by atoms with Crippen LogP contribution >= 0.6 is 0 Å². The lowest BCUT2D eigenvalue weighted by atomic mass is 9.90. The number of aromatic nitrogens is 2.